The molecule has 0 radical (unpaired) electrons. The van der Waals surface area contributed by atoms with Gasteiger partial charge in [-0.25, -0.2) is 19.7 Å². The van der Waals surface area contributed by atoms with Crippen molar-refractivity contribution in [3.05, 3.63) is 227 Å². The van der Waals surface area contributed by atoms with Gasteiger partial charge in [0.1, 0.15) is 53.0 Å². The van der Waals surface area contributed by atoms with Crippen LogP contribution in [0, 0.1) is 0 Å². The molecule has 104 heavy (non-hydrogen) atoms. The maximum absolute atomic E-state index is 12.8. The Hall–Kier alpha value is -9.39. The molecule has 4 amide bonds. The number of aromatic nitrogens is 3. The van der Waals surface area contributed by atoms with E-state index in [0.717, 1.165) is 66.1 Å². The van der Waals surface area contributed by atoms with Gasteiger partial charge >= 0.3 is 13.1 Å². The molecule has 13 N–H and O–H groups in total. The molecule has 13 rings (SSSR count). The lowest BCUT2D eigenvalue weighted by Gasteiger charge is -2.26. The number of nitrogens with zero attached hydrogens (tertiary/aromatic N) is 5. The molecule has 0 aliphatic carbocycles. The highest BCUT2D eigenvalue weighted by molar-refractivity contribution is 9.10. The van der Waals surface area contributed by atoms with Crippen LogP contribution in [-0.2, 0) is 43.1 Å². The number of hydrogen-bond acceptors (Lipinski definition) is 19. The van der Waals surface area contributed by atoms with Crippen molar-refractivity contribution in [2.24, 2.45) is 5.73 Å². The van der Waals surface area contributed by atoms with E-state index in [2.05, 4.69) is 57.4 Å². The summed E-state index contributed by atoms with van der Waals surface area (Å²) >= 11 is 25.5. The Bertz CT molecular complexity index is 4290. The molecule has 0 spiro atoms. The summed E-state index contributed by atoms with van der Waals surface area (Å²) in [6.45, 7) is 5.95. The summed E-state index contributed by atoms with van der Waals surface area (Å²) in [5.41, 5.74) is 31.0. The molecule has 24 nitrogen and oxygen atoms in total. The highest BCUT2D eigenvalue weighted by Gasteiger charge is 2.31. The summed E-state index contributed by atoms with van der Waals surface area (Å²) in [5, 5.41) is 33.7. The average molecular weight is 1610 g/mol. The number of benzene rings is 5. The first-order valence-electron chi connectivity index (χ1n) is 32.3. The second-order valence-electron chi connectivity index (χ2n) is 23.4. The summed E-state index contributed by atoms with van der Waals surface area (Å²) in [6.07, 6.45) is 15.3. The number of anilines is 3. The van der Waals surface area contributed by atoms with Crippen molar-refractivity contribution in [2.45, 2.75) is 45.0 Å². The van der Waals surface area contributed by atoms with Gasteiger partial charge in [0.2, 0.25) is 11.8 Å². The summed E-state index contributed by atoms with van der Waals surface area (Å²) < 4.78 is 30.0. The van der Waals surface area contributed by atoms with Gasteiger partial charge in [0.25, 0.3) is 11.8 Å². The SMILES string of the molecule is C.NCC1Cc2c(Br)ccc(Cl)c2O1.Nc1ccc(/C=C/C(=O)NCC2Cc3c(-c4ccc(C(=O)N5CCOCC5)cc4)ccc(Cl)c3O2)cn1.Nc1ccc(/C=C/C(=O)NCC2Cc3c(Br)ccc(Cl)c3O2)cn1.Nc1ccc(/C=C/C(=O)O)cn1.O=C(c1ccc(B(O)O)cc1)N1CCOCC1. The predicted octanol–water partition coefficient (Wildman–Crippen LogP) is 9.40. The molecule has 5 aromatic carbocycles. The summed E-state index contributed by atoms with van der Waals surface area (Å²) in [7, 11) is -1.50. The van der Waals surface area contributed by atoms with Gasteiger partial charge in [-0.1, -0.05) is 104 Å². The van der Waals surface area contributed by atoms with Crippen LogP contribution in [0.3, 0.4) is 0 Å². The average Bonchev–Trinajstić information content (AvgIpc) is 1.63. The van der Waals surface area contributed by atoms with Crippen LogP contribution in [0.2, 0.25) is 15.1 Å². The Balaban J connectivity index is 0.000000176. The molecule has 3 aromatic heterocycles. The fourth-order valence-corrected chi connectivity index (χ4v) is 12.4. The normalized spacial score (nSPS) is 15.9. The van der Waals surface area contributed by atoms with E-state index in [9.17, 15) is 24.0 Å². The lowest BCUT2D eigenvalue weighted by Crippen LogP contribution is -2.40. The number of carbonyl (C=O) groups excluding carboxylic acids is 4. The Morgan fingerprint density at radius 2 is 0.894 bits per heavy atom. The van der Waals surface area contributed by atoms with E-state index in [1.807, 2.05) is 59.5 Å². The summed E-state index contributed by atoms with van der Waals surface area (Å²) in [6, 6.07) is 35.4. The number of nitrogen functional groups attached to an aromatic ring is 3. The molecule has 0 saturated carbocycles. The van der Waals surface area contributed by atoms with Crippen LogP contribution in [0.5, 0.6) is 17.2 Å². The van der Waals surface area contributed by atoms with Crippen LogP contribution >= 0.6 is 66.7 Å². The fraction of sp³-hybridized carbons (Fsp3) is 0.243. The monoisotopic (exact) mass is 1600 g/mol. The molecule has 8 aromatic rings. The highest BCUT2D eigenvalue weighted by Crippen LogP contribution is 2.43. The molecular formula is C74H77BBr2Cl3N11O13. The second-order valence-corrected chi connectivity index (χ2v) is 26.3. The Labute approximate surface area is 633 Å². The van der Waals surface area contributed by atoms with E-state index < -0.39 is 13.1 Å². The first-order chi connectivity index (χ1) is 49.6. The van der Waals surface area contributed by atoms with Gasteiger partial charge in [-0.15, -0.1) is 0 Å². The van der Waals surface area contributed by atoms with E-state index in [0.29, 0.717) is 151 Å². The fourth-order valence-electron chi connectivity index (χ4n) is 10.7. The van der Waals surface area contributed by atoms with E-state index in [-0.39, 0.29) is 49.4 Å². The van der Waals surface area contributed by atoms with Crippen molar-refractivity contribution >= 4 is 145 Å². The largest absolute Gasteiger partial charge is 0.488 e. The number of fused-ring (bicyclic) bond motifs is 3. The molecule has 3 unspecified atom stereocenters. The standard InChI is InChI=1S/C28H27ClN4O4.C17H15BrClN3O2.C11H14BNO4.C9H9BrClNO.C8H8N2O2.CH4/c29-24-8-7-22(19-3-5-20(6-4-19)28(35)33-11-13-36-14-12-33)23-15-21(37-27(23)24)17-32-26(34)10-2-18-1-9-25(30)31-16-18;18-13-3-4-14(19)17-12(13)7-11(24-17)9-22-16(23)6-2-10-1-5-15(20)21-8-10;14-11(13-5-7-17-8-6-13)9-1-3-10(4-2-9)12(15)16;10-7-1-2-8(11)9-6(7)3-5(4-12)13-9;9-7-3-1-6(5-10-7)2-4-8(11)12;/h1-10,16,21H,11-15,17H2,(H2,30,31)(H,32,34);1-6,8,11H,7,9H2,(H2,20,21)(H,22,23);1-4,15-16H,5-8H2;1-2,5H,3-4,12H2;1-5H,(H2,9,10)(H,11,12);1H4/b10-2+;6-2+;;;4-2+;. The number of nitrogens with one attached hydrogen (secondary N) is 2. The van der Waals surface area contributed by atoms with Gasteiger partial charge in [-0.05, 0) is 143 Å². The van der Waals surface area contributed by atoms with Crippen molar-refractivity contribution in [1.29, 1.82) is 0 Å². The quantitative estimate of drug-likeness (QED) is 0.0341. The number of ether oxygens (including phenoxy) is 5. The molecule has 0 bridgehead atoms. The predicted molar refractivity (Wildman–Crippen MR) is 412 cm³/mol. The lowest BCUT2D eigenvalue weighted by atomic mass is 9.80. The van der Waals surface area contributed by atoms with Gasteiger partial charge < -0.3 is 82.2 Å². The van der Waals surface area contributed by atoms with Crippen LogP contribution in [0.25, 0.3) is 29.4 Å². The van der Waals surface area contributed by atoms with Gasteiger partial charge in [-0.3, -0.25) is 19.2 Å². The smallest absolute Gasteiger partial charge is 0.487 e. The first-order valence-corrected chi connectivity index (χ1v) is 35.0. The topological polar surface area (TPSA) is 365 Å². The molecule has 5 aliphatic rings. The van der Waals surface area contributed by atoms with Crippen molar-refractivity contribution < 1.29 is 62.8 Å². The minimum atomic E-state index is -1.50. The number of carbonyl (C=O) groups is 5. The number of halogens is 5. The maximum Gasteiger partial charge on any atom is 0.488 e. The number of rotatable bonds is 15. The molecule has 8 heterocycles. The van der Waals surface area contributed by atoms with E-state index in [1.54, 1.807) is 96.2 Å². The third kappa shape index (κ3) is 23.3. The molecule has 544 valence electrons. The minimum Gasteiger partial charge on any atom is -0.487 e. The molecular weight excluding hydrogens is 1530 g/mol. The Morgan fingerprint density at radius 3 is 1.28 bits per heavy atom. The first kappa shape index (κ1) is 80.3. The highest BCUT2D eigenvalue weighted by atomic mass is 79.9. The van der Waals surface area contributed by atoms with Gasteiger partial charge in [0.15, 0.2) is 0 Å². The van der Waals surface area contributed by atoms with Gasteiger partial charge in [0.05, 0.1) is 54.6 Å². The van der Waals surface area contributed by atoms with Crippen molar-refractivity contribution in [3.8, 4) is 28.4 Å². The second kappa shape index (κ2) is 39.5. The molecule has 2 saturated heterocycles. The lowest BCUT2D eigenvalue weighted by molar-refractivity contribution is -0.131. The zero-order chi connectivity index (χ0) is 73.5. The van der Waals surface area contributed by atoms with Crippen LogP contribution in [-0.4, -0.2) is 167 Å². The molecule has 5 aliphatic heterocycles. The maximum atomic E-state index is 12.8. The number of nitrogens with two attached hydrogens (primary N) is 4. The van der Waals surface area contributed by atoms with Gasteiger partial charge in [-0.2, -0.15) is 0 Å². The number of carboxylic acid groups (broad SMARTS) is 1. The summed E-state index contributed by atoms with van der Waals surface area (Å²) in [4.78, 5) is 74.4. The van der Waals surface area contributed by atoms with Crippen molar-refractivity contribution in [2.75, 3.05) is 89.4 Å². The molecule has 3 atom stereocenters. The molecule has 2 fully saturated rings. The number of morpholine rings is 2. The van der Waals surface area contributed by atoms with Crippen molar-refractivity contribution in [3.63, 3.8) is 0 Å². The minimum absolute atomic E-state index is 0. The van der Waals surface area contributed by atoms with Gasteiger partial charge in [0, 0.05) is 126 Å². The zero-order valence-electron chi connectivity index (χ0n) is 55.3. The van der Waals surface area contributed by atoms with Crippen LogP contribution in [0.15, 0.2) is 167 Å². The Morgan fingerprint density at radius 1 is 0.519 bits per heavy atom. The van der Waals surface area contributed by atoms with E-state index in [1.165, 1.54) is 24.4 Å². The Kier molecular flexibility index (Phi) is 30.5. The number of carboxylic acids is 1. The number of hydrogen-bond donors (Lipinski definition) is 9. The number of pyridine rings is 3. The van der Waals surface area contributed by atoms with Crippen LogP contribution in [0.4, 0.5) is 17.5 Å². The van der Waals surface area contributed by atoms with Crippen molar-refractivity contribution in [1.82, 2.24) is 35.4 Å². The van der Waals surface area contributed by atoms with E-state index >= 15 is 0 Å². The van der Waals surface area contributed by atoms with Crippen LogP contribution < -0.4 is 53.2 Å². The number of aliphatic carboxylic acids is 1. The summed E-state index contributed by atoms with van der Waals surface area (Å²) in [5.74, 6) is 1.95. The zero-order valence-corrected chi connectivity index (χ0v) is 60.8. The number of amides is 4. The van der Waals surface area contributed by atoms with Crippen LogP contribution in [0.1, 0.15) is 61.5 Å². The third-order valence-corrected chi connectivity index (χ3v) is 18.5. The molecule has 30 heteroatoms. The third-order valence-electron chi connectivity index (χ3n) is 16.1. The van der Waals surface area contributed by atoms with E-state index in [4.69, 9.17) is 96.6 Å².